The van der Waals surface area contributed by atoms with Crippen molar-refractivity contribution in [1.82, 2.24) is 9.97 Å². The fourth-order valence-electron chi connectivity index (χ4n) is 1.66. The number of hydrogen-bond donors (Lipinski definition) is 6. The number of hydrogen-bond acceptors (Lipinski definition) is 6. The molecule has 1 heterocycles. The molecule has 1 aromatic heterocycles. The second-order valence-electron chi connectivity index (χ2n) is 4.12. The second kappa shape index (κ2) is 9.06. The second-order valence-corrected chi connectivity index (χ2v) is 4.12. The van der Waals surface area contributed by atoms with Crippen molar-refractivity contribution in [3.8, 4) is 11.6 Å². The Morgan fingerprint density at radius 2 is 1.67 bits per heavy atom. The van der Waals surface area contributed by atoms with Crippen LogP contribution in [0.15, 0.2) is 27.8 Å². The molecule has 0 unspecified atom stereocenters. The Morgan fingerprint density at radius 1 is 1.04 bits per heavy atom. The van der Waals surface area contributed by atoms with E-state index in [1.807, 2.05) is 4.98 Å². The molecule has 6 N–H and O–H groups in total. The first-order valence-corrected chi connectivity index (χ1v) is 5.73. The molecule has 0 saturated heterocycles. The van der Waals surface area contributed by atoms with Crippen molar-refractivity contribution in [1.29, 1.82) is 0 Å². The van der Waals surface area contributed by atoms with E-state index in [9.17, 15) is 29.4 Å². The summed E-state index contributed by atoms with van der Waals surface area (Å²) in [6.07, 6.45) is 0. The number of carbonyl (C=O) groups is 2. The molecule has 0 fully saturated rings. The number of phenols is 1. The number of carboxylic acid groups (broad SMARTS) is 1. The number of nitrogens with one attached hydrogen (secondary N) is 3. The zero-order valence-electron chi connectivity index (χ0n) is 10.7. The van der Waals surface area contributed by atoms with Gasteiger partial charge in [0, 0.05) is 5.69 Å². The van der Waals surface area contributed by atoms with Gasteiger partial charge in [-0.3, -0.25) is 19.6 Å². The third kappa shape index (κ3) is 4.97. The van der Waals surface area contributed by atoms with Crippen LogP contribution in [0.3, 0.4) is 0 Å². The summed E-state index contributed by atoms with van der Waals surface area (Å²) in [7, 11) is 0. The Balaban J connectivity index is 0.00000264. The van der Waals surface area contributed by atoms with Crippen molar-refractivity contribution in [3.63, 3.8) is 0 Å². The molecule has 1 amide bonds. The molecule has 0 aliphatic rings. The molecule has 0 spiro atoms. The predicted molar refractivity (Wildman–Crippen MR) is 86.7 cm³/mol. The Hall–Kier alpha value is -1.56. The van der Waals surface area contributed by atoms with E-state index in [-0.39, 0.29) is 64.8 Å². The number of aromatic amines is 2. The van der Waals surface area contributed by atoms with Crippen molar-refractivity contribution >= 4 is 76.7 Å². The van der Waals surface area contributed by atoms with E-state index in [4.69, 9.17) is 5.11 Å². The van der Waals surface area contributed by atoms with E-state index in [1.165, 1.54) is 6.07 Å². The van der Waals surface area contributed by atoms with Gasteiger partial charge in [0.05, 0.1) is 0 Å². The maximum absolute atomic E-state index is 11.9. The number of anilines is 1. The molecule has 0 saturated carbocycles. The average Bonchev–Trinajstić information content (AvgIpc) is 2.39. The maximum atomic E-state index is 11.9. The van der Waals surface area contributed by atoms with E-state index >= 15 is 0 Å². The molecule has 0 bridgehead atoms. The molecule has 2 aromatic rings. The number of aromatic nitrogens is 2. The summed E-state index contributed by atoms with van der Waals surface area (Å²) in [5.41, 5.74) is -3.35. The molecular weight excluding hydrogens is 344 g/mol. The fourth-order valence-corrected chi connectivity index (χ4v) is 1.66. The topological polar surface area (TPSA) is 173 Å². The van der Waals surface area contributed by atoms with Crippen molar-refractivity contribution in [3.05, 3.63) is 50.2 Å². The molecule has 10 nitrogen and oxygen atoms in total. The van der Waals surface area contributed by atoms with Gasteiger partial charge < -0.3 is 20.6 Å². The van der Waals surface area contributed by atoms with E-state index in [0.29, 0.717) is 0 Å². The molecular formula is C12H11N3Na2O7. The number of carbonyl (C=O) groups excluding carboxylic acids is 1. The summed E-state index contributed by atoms with van der Waals surface area (Å²) in [6, 6.07) is 3.19. The molecule has 0 aliphatic carbocycles. The van der Waals surface area contributed by atoms with Gasteiger partial charge in [-0.1, -0.05) is 0 Å². The normalized spacial score (nSPS) is 9.33. The summed E-state index contributed by atoms with van der Waals surface area (Å²) in [5.74, 6) is -3.92. The number of aromatic hydroxyl groups is 2. The number of rotatable bonds is 3. The predicted octanol–water partition coefficient (Wildman–Crippen LogP) is -1.87. The van der Waals surface area contributed by atoms with Crippen LogP contribution in [0.1, 0.15) is 20.7 Å². The van der Waals surface area contributed by atoms with Crippen molar-refractivity contribution in [2.75, 3.05) is 5.32 Å². The standard InChI is InChI=1S/C12H9N3O7.2Na.2H/c16-6-2-1-4(3-5(6)11(20)21)13-8(17)7-9(18)14-12(22)15-10(7)19;;;;/h1-3,16H,(H,13,17)(H,20,21)(H3,14,15,18,19,22);;;;. The van der Waals surface area contributed by atoms with Gasteiger partial charge in [0.15, 0.2) is 5.56 Å². The molecule has 2 rings (SSSR count). The summed E-state index contributed by atoms with van der Waals surface area (Å²) >= 11 is 0. The van der Waals surface area contributed by atoms with Gasteiger partial charge in [0.25, 0.3) is 11.5 Å². The first-order chi connectivity index (χ1) is 10.3. The molecule has 24 heavy (non-hydrogen) atoms. The van der Waals surface area contributed by atoms with Gasteiger partial charge in [-0.25, -0.2) is 9.59 Å². The van der Waals surface area contributed by atoms with Crippen LogP contribution in [0.2, 0.25) is 0 Å². The van der Waals surface area contributed by atoms with Crippen LogP contribution in [0, 0.1) is 0 Å². The van der Waals surface area contributed by atoms with E-state index < -0.39 is 45.9 Å². The molecule has 0 atom stereocenters. The number of carboxylic acids is 1. The Morgan fingerprint density at radius 3 is 2.21 bits per heavy atom. The average molecular weight is 355 g/mol. The van der Waals surface area contributed by atoms with Gasteiger partial charge in [0.2, 0.25) is 5.88 Å². The minimum atomic E-state index is -1.42. The van der Waals surface area contributed by atoms with Crippen LogP contribution in [0.4, 0.5) is 5.69 Å². The van der Waals surface area contributed by atoms with Crippen LogP contribution in [-0.2, 0) is 0 Å². The minimum absolute atomic E-state index is 0. The van der Waals surface area contributed by atoms with Crippen LogP contribution >= 0.6 is 0 Å². The van der Waals surface area contributed by atoms with Crippen LogP contribution < -0.4 is 16.6 Å². The summed E-state index contributed by atoms with van der Waals surface area (Å²) in [4.78, 5) is 48.8. The third-order valence-corrected chi connectivity index (χ3v) is 2.63. The van der Waals surface area contributed by atoms with Gasteiger partial charge in [-0.2, -0.15) is 0 Å². The fraction of sp³-hybridized carbons (Fsp3) is 0. The van der Waals surface area contributed by atoms with Gasteiger partial charge in [-0.15, -0.1) is 0 Å². The quantitative estimate of drug-likeness (QED) is 0.276. The van der Waals surface area contributed by atoms with Crippen molar-refractivity contribution in [2.45, 2.75) is 0 Å². The number of benzene rings is 1. The molecule has 0 radical (unpaired) electrons. The first kappa shape index (κ1) is 22.4. The molecule has 1 aromatic carbocycles. The van der Waals surface area contributed by atoms with E-state index in [0.717, 1.165) is 12.1 Å². The van der Waals surface area contributed by atoms with Gasteiger partial charge in [-0.05, 0) is 18.2 Å². The number of aromatic carboxylic acids is 1. The molecule has 118 valence electrons. The first-order valence-electron chi connectivity index (χ1n) is 5.73. The van der Waals surface area contributed by atoms with E-state index in [1.54, 1.807) is 4.98 Å². The molecule has 0 aliphatic heterocycles. The van der Waals surface area contributed by atoms with Gasteiger partial charge in [0.1, 0.15) is 11.3 Å². The number of H-pyrrole nitrogens is 2. The van der Waals surface area contributed by atoms with E-state index in [2.05, 4.69) is 5.32 Å². The SMILES string of the molecule is O=C(O)c1cc(NC(=O)c2c(O)[nH]c(=O)[nH]c2=O)ccc1O.[NaH].[NaH]. The number of amides is 1. The monoisotopic (exact) mass is 355 g/mol. The van der Waals surface area contributed by atoms with Crippen LogP contribution in [-0.4, -0.2) is 96.3 Å². The van der Waals surface area contributed by atoms with Gasteiger partial charge >= 0.3 is 70.8 Å². The summed E-state index contributed by atoms with van der Waals surface area (Å²) in [5, 5.41) is 29.8. The van der Waals surface area contributed by atoms with Crippen LogP contribution in [0.25, 0.3) is 0 Å². The van der Waals surface area contributed by atoms with Crippen molar-refractivity contribution in [2.24, 2.45) is 0 Å². The van der Waals surface area contributed by atoms with Crippen molar-refractivity contribution < 1.29 is 24.9 Å². The third-order valence-electron chi connectivity index (χ3n) is 2.63. The van der Waals surface area contributed by atoms with Crippen LogP contribution in [0.5, 0.6) is 11.6 Å². The Bertz CT molecular complexity index is 891. The zero-order valence-corrected chi connectivity index (χ0v) is 10.7. The summed E-state index contributed by atoms with van der Waals surface area (Å²) in [6.45, 7) is 0. The Labute approximate surface area is 177 Å². The zero-order chi connectivity index (χ0) is 16.4. The molecule has 12 heteroatoms. The Kier molecular flexibility index (Phi) is 8.47. The summed E-state index contributed by atoms with van der Waals surface area (Å²) < 4.78 is 0.